The molecule has 2 aromatic carbocycles. The summed E-state index contributed by atoms with van der Waals surface area (Å²) in [7, 11) is -3.94. The van der Waals surface area contributed by atoms with E-state index >= 15 is 0 Å². The minimum absolute atomic E-state index is 0.0482. The first-order valence-corrected chi connectivity index (χ1v) is 15.0. The molecule has 4 rings (SSSR count). The lowest BCUT2D eigenvalue weighted by Crippen LogP contribution is -2.51. The van der Waals surface area contributed by atoms with Crippen LogP contribution in [-0.4, -0.2) is 71.6 Å². The smallest absolute Gasteiger partial charge is 0.326 e. The molecule has 0 bridgehead atoms. The summed E-state index contributed by atoms with van der Waals surface area (Å²) in [5.41, 5.74) is 2.10. The van der Waals surface area contributed by atoms with Gasteiger partial charge in [-0.1, -0.05) is 36.4 Å². The zero-order chi connectivity index (χ0) is 30.1. The standard InChI is InChI=1S/C30H32N4O7S/c35-24(20-32-28(36)22-9-6-8-21(18-22)19-23-10-4-5-16-31-23)14-15-26(30(38)39)33-29(37)27-13-7-17-34(27)42(40,41)25-11-2-1-3-12-25/h1-6,8-12,16,18,26-27H,7,13-15,17,19-20H2,(H,32,36)(H,33,37)(H,38,39). The number of pyridine rings is 1. The highest BCUT2D eigenvalue weighted by molar-refractivity contribution is 7.89. The lowest BCUT2D eigenvalue weighted by Gasteiger charge is -2.25. The molecule has 0 aliphatic carbocycles. The van der Waals surface area contributed by atoms with Gasteiger partial charge in [0.2, 0.25) is 15.9 Å². The zero-order valence-corrected chi connectivity index (χ0v) is 23.6. The van der Waals surface area contributed by atoms with Crippen LogP contribution in [0.2, 0.25) is 0 Å². The average Bonchev–Trinajstić information content (AvgIpc) is 3.50. The second kappa shape index (κ2) is 14.0. The Balaban J connectivity index is 1.28. The Kier molecular flexibility index (Phi) is 10.2. The van der Waals surface area contributed by atoms with Crippen molar-refractivity contribution in [3.8, 4) is 0 Å². The quantitative estimate of drug-likeness (QED) is 0.272. The number of rotatable bonds is 13. The summed E-state index contributed by atoms with van der Waals surface area (Å²) in [6.07, 6.45) is 2.50. The second-order valence-corrected chi connectivity index (χ2v) is 11.8. The monoisotopic (exact) mass is 592 g/mol. The molecule has 2 heterocycles. The number of carboxylic acid groups (broad SMARTS) is 1. The first kappa shape index (κ1) is 30.5. The lowest BCUT2D eigenvalue weighted by molar-refractivity contribution is -0.142. The van der Waals surface area contributed by atoms with E-state index in [1.807, 2.05) is 24.3 Å². The molecule has 0 radical (unpaired) electrons. The number of aliphatic carboxylic acids is 1. The molecule has 1 fully saturated rings. The minimum atomic E-state index is -3.94. The number of carbonyl (C=O) groups is 4. The molecule has 220 valence electrons. The largest absolute Gasteiger partial charge is 0.480 e. The molecule has 1 saturated heterocycles. The first-order valence-electron chi connectivity index (χ1n) is 13.5. The molecule has 42 heavy (non-hydrogen) atoms. The number of Topliss-reactive ketones (excluding diaryl/α,β-unsaturated/α-hetero) is 1. The van der Waals surface area contributed by atoms with Crippen LogP contribution in [0.5, 0.6) is 0 Å². The van der Waals surface area contributed by atoms with E-state index in [4.69, 9.17) is 0 Å². The first-order chi connectivity index (χ1) is 20.1. The molecule has 0 spiro atoms. The van der Waals surface area contributed by atoms with E-state index in [-0.39, 0.29) is 37.2 Å². The van der Waals surface area contributed by atoms with Crippen LogP contribution in [0.4, 0.5) is 0 Å². The maximum Gasteiger partial charge on any atom is 0.326 e. The van der Waals surface area contributed by atoms with Gasteiger partial charge in [0, 0.05) is 36.8 Å². The van der Waals surface area contributed by atoms with Crippen LogP contribution < -0.4 is 10.6 Å². The van der Waals surface area contributed by atoms with Gasteiger partial charge in [0.15, 0.2) is 5.78 Å². The topological polar surface area (TPSA) is 163 Å². The van der Waals surface area contributed by atoms with Crippen molar-refractivity contribution in [1.82, 2.24) is 19.9 Å². The number of nitrogens with zero attached hydrogens (tertiary/aromatic N) is 2. The Morgan fingerprint density at radius 2 is 1.76 bits per heavy atom. The van der Waals surface area contributed by atoms with Gasteiger partial charge in [0.25, 0.3) is 5.91 Å². The molecular weight excluding hydrogens is 560 g/mol. The number of carbonyl (C=O) groups excluding carboxylic acids is 3. The molecule has 2 amide bonds. The van der Waals surface area contributed by atoms with Gasteiger partial charge in [0.1, 0.15) is 12.1 Å². The molecule has 1 aromatic heterocycles. The normalized spacial score (nSPS) is 16.0. The summed E-state index contributed by atoms with van der Waals surface area (Å²) in [5.74, 6) is -2.94. The summed E-state index contributed by atoms with van der Waals surface area (Å²) < 4.78 is 27.2. The number of carboxylic acids is 1. The Morgan fingerprint density at radius 3 is 2.48 bits per heavy atom. The molecule has 2 unspecified atom stereocenters. The van der Waals surface area contributed by atoms with Crippen LogP contribution in [0, 0.1) is 0 Å². The minimum Gasteiger partial charge on any atom is -0.480 e. The molecule has 1 aliphatic heterocycles. The van der Waals surface area contributed by atoms with Gasteiger partial charge in [-0.05, 0) is 61.2 Å². The summed E-state index contributed by atoms with van der Waals surface area (Å²) in [4.78, 5) is 54.3. The summed E-state index contributed by atoms with van der Waals surface area (Å²) in [5, 5.41) is 14.6. The number of sulfonamides is 1. The number of nitrogens with one attached hydrogen (secondary N) is 2. The summed E-state index contributed by atoms with van der Waals surface area (Å²) in [6.45, 7) is -0.174. The van der Waals surface area contributed by atoms with E-state index in [0.29, 0.717) is 18.4 Å². The maximum absolute atomic E-state index is 13.1. The third-order valence-corrected chi connectivity index (χ3v) is 8.85. The predicted octanol–water partition coefficient (Wildman–Crippen LogP) is 2.17. The molecule has 11 nitrogen and oxygen atoms in total. The van der Waals surface area contributed by atoms with Crippen LogP contribution in [0.3, 0.4) is 0 Å². The molecule has 3 aromatic rings. The van der Waals surface area contributed by atoms with Crippen molar-refractivity contribution in [2.24, 2.45) is 0 Å². The van der Waals surface area contributed by atoms with Crippen LogP contribution in [-0.2, 0) is 30.8 Å². The fourth-order valence-corrected chi connectivity index (χ4v) is 6.43. The van der Waals surface area contributed by atoms with Crippen molar-refractivity contribution in [2.45, 2.75) is 49.1 Å². The lowest BCUT2D eigenvalue weighted by atomic mass is 10.1. The molecule has 12 heteroatoms. The maximum atomic E-state index is 13.1. The van der Waals surface area contributed by atoms with Crippen molar-refractivity contribution in [3.05, 3.63) is 95.8 Å². The Bertz CT molecular complexity index is 1530. The fraction of sp³-hybridized carbons (Fsp3) is 0.300. The average molecular weight is 593 g/mol. The van der Waals surface area contributed by atoms with E-state index in [1.165, 1.54) is 12.1 Å². The van der Waals surface area contributed by atoms with Gasteiger partial charge >= 0.3 is 5.97 Å². The molecule has 2 atom stereocenters. The number of hydrogen-bond acceptors (Lipinski definition) is 7. The Morgan fingerprint density at radius 1 is 1.00 bits per heavy atom. The van der Waals surface area contributed by atoms with Crippen molar-refractivity contribution in [1.29, 1.82) is 0 Å². The van der Waals surface area contributed by atoms with Gasteiger partial charge in [-0.15, -0.1) is 0 Å². The van der Waals surface area contributed by atoms with E-state index in [1.54, 1.807) is 42.6 Å². The highest BCUT2D eigenvalue weighted by Crippen LogP contribution is 2.26. The third-order valence-electron chi connectivity index (χ3n) is 6.93. The van der Waals surface area contributed by atoms with Crippen molar-refractivity contribution < 1.29 is 32.7 Å². The van der Waals surface area contributed by atoms with Crippen molar-refractivity contribution in [2.75, 3.05) is 13.1 Å². The van der Waals surface area contributed by atoms with E-state index < -0.39 is 45.7 Å². The highest BCUT2D eigenvalue weighted by atomic mass is 32.2. The number of hydrogen-bond donors (Lipinski definition) is 3. The molecule has 0 saturated carbocycles. The number of amides is 2. The Labute approximate surface area is 244 Å². The van der Waals surface area contributed by atoms with E-state index in [9.17, 15) is 32.7 Å². The summed E-state index contributed by atoms with van der Waals surface area (Å²) >= 11 is 0. The molecule has 3 N–H and O–H groups in total. The number of aromatic nitrogens is 1. The van der Waals surface area contributed by atoms with Crippen molar-refractivity contribution >= 4 is 33.6 Å². The predicted molar refractivity (Wildman–Crippen MR) is 153 cm³/mol. The van der Waals surface area contributed by atoms with E-state index in [0.717, 1.165) is 15.6 Å². The van der Waals surface area contributed by atoms with Crippen LogP contribution in [0.1, 0.15) is 47.3 Å². The number of ketones is 1. The number of benzene rings is 2. The third kappa shape index (κ3) is 7.86. The van der Waals surface area contributed by atoms with Crippen molar-refractivity contribution in [3.63, 3.8) is 0 Å². The van der Waals surface area contributed by atoms with Crippen LogP contribution in [0.15, 0.2) is 83.9 Å². The van der Waals surface area contributed by atoms with Crippen LogP contribution >= 0.6 is 0 Å². The van der Waals surface area contributed by atoms with Crippen LogP contribution in [0.25, 0.3) is 0 Å². The highest BCUT2D eigenvalue weighted by Gasteiger charge is 2.40. The molecular formula is C30H32N4O7S. The van der Waals surface area contributed by atoms with E-state index in [2.05, 4.69) is 15.6 Å². The Hall–Kier alpha value is -4.42. The van der Waals surface area contributed by atoms with Gasteiger partial charge in [-0.3, -0.25) is 19.4 Å². The van der Waals surface area contributed by atoms with Gasteiger partial charge < -0.3 is 15.7 Å². The van der Waals surface area contributed by atoms with Gasteiger partial charge in [-0.2, -0.15) is 4.31 Å². The van der Waals surface area contributed by atoms with Gasteiger partial charge in [-0.25, -0.2) is 13.2 Å². The zero-order valence-electron chi connectivity index (χ0n) is 22.8. The molecule has 1 aliphatic rings. The SMILES string of the molecule is O=C(CCC(NC(=O)C1CCCN1S(=O)(=O)c1ccccc1)C(=O)O)CNC(=O)c1cccc(Cc2ccccn2)c1. The van der Waals surface area contributed by atoms with Gasteiger partial charge in [0.05, 0.1) is 11.4 Å². The second-order valence-electron chi connectivity index (χ2n) is 9.94. The fourth-order valence-electron chi connectivity index (χ4n) is 4.75. The summed E-state index contributed by atoms with van der Waals surface area (Å²) in [6, 6.07) is 17.8.